The molecule has 3 rings (SSSR count). The predicted molar refractivity (Wildman–Crippen MR) is 78.1 cm³/mol. The number of fused-ring (bicyclic) bond motifs is 1. The summed E-state index contributed by atoms with van der Waals surface area (Å²) in [5.41, 5.74) is 10.2. The monoisotopic (exact) mass is 289 g/mol. The lowest BCUT2D eigenvalue weighted by atomic mass is 10.1. The number of hydrogen-bond donors (Lipinski definition) is 2. The van der Waals surface area contributed by atoms with Crippen LogP contribution in [-0.4, -0.2) is 17.5 Å². The van der Waals surface area contributed by atoms with Crippen molar-refractivity contribution in [3.8, 4) is 5.75 Å². The molecule has 2 aromatic rings. The fraction of sp³-hybridized carbons (Fsp3) is 0.286. The molecule has 3 N–H and O–H groups in total. The number of aryl methyl sites for hydroxylation is 1. The van der Waals surface area contributed by atoms with Gasteiger partial charge in [0.1, 0.15) is 11.8 Å². The van der Waals surface area contributed by atoms with Crippen molar-refractivity contribution in [2.75, 3.05) is 11.9 Å². The molecule has 0 saturated heterocycles. The molecule has 5 nitrogen and oxygen atoms in total. The maximum atomic E-state index is 11.5. The zero-order valence-electron chi connectivity index (χ0n) is 11.1. The summed E-state index contributed by atoms with van der Waals surface area (Å²) >= 11 is 1.64. The topological polar surface area (TPSA) is 77.2 Å². The number of thiazole rings is 1. The third-order valence-corrected chi connectivity index (χ3v) is 4.34. The van der Waals surface area contributed by atoms with E-state index in [0.717, 1.165) is 29.1 Å². The highest BCUT2D eigenvalue weighted by Gasteiger charge is 2.27. The van der Waals surface area contributed by atoms with Crippen LogP contribution in [-0.2, 0) is 11.2 Å². The van der Waals surface area contributed by atoms with Crippen LogP contribution in [0.3, 0.4) is 0 Å². The van der Waals surface area contributed by atoms with E-state index in [4.69, 9.17) is 10.5 Å². The summed E-state index contributed by atoms with van der Waals surface area (Å²) in [7, 11) is 0. The van der Waals surface area contributed by atoms with Crippen LogP contribution in [0.15, 0.2) is 23.7 Å². The second-order valence-electron chi connectivity index (χ2n) is 4.68. The quantitative estimate of drug-likeness (QED) is 0.902. The smallest absolute Gasteiger partial charge is 0.245 e. The summed E-state index contributed by atoms with van der Waals surface area (Å²) in [6.45, 7) is 2.58. The molecule has 1 aromatic heterocycles. The van der Waals surface area contributed by atoms with Crippen LogP contribution in [0, 0.1) is 6.92 Å². The number of nitrogens with zero attached hydrogens (tertiary/aromatic N) is 1. The molecule has 1 atom stereocenters. The van der Waals surface area contributed by atoms with Crippen LogP contribution in [0.2, 0.25) is 0 Å². The Labute approximate surface area is 120 Å². The number of nitrogens with two attached hydrogens (primary N) is 1. The first-order chi connectivity index (χ1) is 9.65. The average molecular weight is 289 g/mol. The average Bonchev–Trinajstić information content (AvgIpc) is 2.95. The Morgan fingerprint density at radius 3 is 3.10 bits per heavy atom. The molecule has 1 aliphatic heterocycles. The normalized spacial score (nSPS) is 16.9. The summed E-state index contributed by atoms with van der Waals surface area (Å²) in [5, 5.41) is 2.75. The minimum Gasteiger partial charge on any atom is -0.493 e. The summed E-state index contributed by atoms with van der Waals surface area (Å²) in [4.78, 5) is 16.9. The Bertz CT molecular complexity index is 654. The van der Waals surface area contributed by atoms with Crippen molar-refractivity contribution in [2.45, 2.75) is 19.4 Å². The van der Waals surface area contributed by atoms with Gasteiger partial charge >= 0.3 is 0 Å². The molecule has 0 aliphatic carbocycles. The number of nitrogens with one attached hydrogen (secondary N) is 1. The van der Waals surface area contributed by atoms with Gasteiger partial charge in [-0.15, -0.1) is 11.3 Å². The van der Waals surface area contributed by atoms with Crippen LogP contribution < -0.4 is 15.8 Å². The molecule has 104 valence electrons. The third-order valence-electron chi connectivity index (χ3n) is 3.34. The van der Waals surface area contributed by atoms with Gasteiger partial charge in [0.15, 0.2) is 0 Å². The van der Waals surface area contributed by atoms with Gasteiger partial charge in [0.05, 0.1) is 17.8 Å². The van der Waals surface area contributed by atoms with Crippen molar-refractivity contribution < 1.29 is 9.53 Å². The maximum absolute atomic E-state index is 11.5. The molecule has 0 spiro atoms. The van der Waals surface area contributed by atoms with E-state index in [1.54, 1.807) is 11.3 Å². The van der Waals surface area contributed by atoms with E-state index in [2.05, 4.69) is 10.3 Å². The SMILES string of the molecule is Cc1ncsc1CCOc1ccc2c(c1)NC(=O)C2N. The molecule has 20 heavy (non-hydrogen) atoms. The molecule has 6 heteroatoms. The number of aromatic nitrogens is 1. The van der Waals surface area contributed by atoms with Gasteiger partial charge in [-0.05, 0) is 13.0 Å². The molecule has 0 bridgehead atoms. The number of benzene rings is 1. The maximum Gasteiger partial charge on any atom is 0.245 e. The van der Waals surface area contributed by atoms with Gasteiger partial charge in [-0.1, -0.05) is 6.07 Å². The lowest BCUT2D eigenvalue weighted by molar-refractivity contribution is -0.116. The highest BCUT2D eigenvalue weighted by molar-refractivity contribution is 7.09. The van der Waals surface area contributed by atoms with Crippen LogP contribution in [0.5, 0.6) is 5.75 Å². The molecule has 2 heterocycles. The van der Waals surface area contributed by atoms with Gasteiger partial charge < -0.3 is 15.8 Å². The van der Waals surface area contributed by atoms with Gasteiger partial charge in [-0.2, -0.15) is 0 Å². The van der Waals surface area contributed by atoms with Gasteiger partial charge in [0.25, 0.3) is 0 Å². The highest BCUT2D eigenvalue weighted by atomic mass is 32.1. The molecule has 0 radical (unpaired) electrons. The standard InChI is InChI=1S/C14H15N3O2S/c1-8-12(20-7-16-8)4-5-19-9-2-3-10-11(6-9)17-14(18)13(10)15/h2-3,6-7,13H,4-5,15H2,1H3,(H,17,18). The Balaban J connectivity index is 1.64. The molecule has 0 fully saturated rings. The van der Waals surface area contributed by atoms with Crippen LogP contribution in [0.4, 0.5) is 5.69 Å². The van der Waals surface area contributed by atoms with E-state index >= 15 is 0 Å². The molecular formula is C14H15N3O2S. The second-order valence-corrected chi connectivity index (χ2v) is 5.61. The minimum atomic E-state index is -0.570. The van der Waals surface area contributed by atoms with Crippen molar-refractivity contribution in [3.05, 3.63) is 39.8 Å². The number of anilines is 1. The minimum absolute atomic E-state index is 0.169. The van der Waals surface area contributed by atoms with Crippen molar-refractivity contribution >= 4 is 22.9 Å². The number of carbonyl (C=O) groups is 1. The predicted octanol–water partition coefficient (Wildman–Crippen LogP) is 2.02. The van der Waals surface area contributed by atoms with E-state index in [-0.39, 0.29) is 5.91 Å². The fourth-order valence-electron chi connectivity index (χ4n) is 2.18. The Morgan fingerprint density at radius 1 is 1.50 bits per heavy atom. The first kappa shape index (κ1) is 13.1. The number of hydrogen-bond acceptors (Lipinski definition) is 5. The van der Waals surface area contributed by atoms with E-state index in [1.165, 1.54) is 4.88 Å². The van der Waals surface area contributed by atoms with E-state index in [9.17, 15) is 4.79 Å². The first-order valence-electron chi connectivity index (χ1n) is 6.37. The van der Waals surface area contributed by atoms with E-state index in [0.29, 0.717) is 6.61 Å². The van der Waals surface area contributed by atoms with Crippen LogP contribution >= 0.6 is 11.3 Å². The summed E-state index contributed by atoms with van der Waals surface area (Å²) in [5.74, 6) is 0.567. The fourth-order valence-corrected chi connectivity index (χ4v) is 2.95. The van der Waals surface area contributed by atoms with Gasteiger partial charge in [-0.25, -0.2) is 4.98 Å². The Kier molecular flexibility index (Phi) is 3.42. The molecule has 0 saturated carbocycles. The Morgan fingerprint density at radius 2 is 2.35 bits per heavy atom. The summed E-state index contributed by atoms with van der Waals surface area (Å²) in [6, 6.07) is 4.93. The number of rotatable bonds is 4. The van der Waals surface area contributed by atoms with Gasteiger partial charge in [0.2, 0.25) is 5.91 Å². The summed E-state index contributed by atoms with van der Waals surface area (Å²) in [6.07, 6.45) is 0.833. The van der Waals surface area contributed by atoms with Crippen LogP contribution in [0.1, 0.15) is 22.2 Å². The van der Waals surface area contributed by atoms with Crippen molar-refractivity contribution in [3.63, 3.8) is 0 Å². The third kappa shape index (κ3) is 2.39. The lowest BCUT2D eigenvalue weighted by Gasteiger charge is -2.08. The largest absolute Gasteiger partial charge is 0.493 e. The summed E-state index contributed by atoms with van der Waals surface area (Å²) < 4.78 is 5.72. The molecular weight excluding hydrogens is 274 g/mol. The zero-order chi connectivity index (χ0) is 14.1. The van der Waals surface area contributed by atoms with E-state index in [1.807, 2.05) is 30.6 Å². The first-order valence-corrected chi connectivity index (χ1v) is 7.25. The molecule has 1 aromatic carbocycles. The number of carbonyl (C=O) groups excluding carboxylic acids is 1. The zero-order valence-corrected chi connectivity index (χ0v) is 11.9. The Hall–Kier alpha value is -1.92. The van der Waals surface area contributed by atoms with Crippen molar-refractivity contribution in [2.24, 2.45) is 5.73 Å². The van der Waals surface area contributed by atoms with E-state index < -0.39 is 6.04 Å². The van der Waals surface area contributed by atoms with Crippen molar-refractivity contribution in [1.29, 1.82) is 0 Å². The highest BCUT2D eigenvalue weighted by Crippen LogP contribution is 2.32. The lowest BCUT2D eigenvalue weighted by Crippen LogP contribution is -2.19. The van der Waals surface area contributed by atoms with Crippen LogP contribution in [0.25, 0.3) is 0 Å². The number of amides is 1. The molecule has 1 amide bonds. The van der Waals surface area contributed by atoms with Gasteiger partial charge in [-0.3, -0.25) is 4.79 Å². The van der Waals surface area contributed by atoms with Gasteiger partial charge in [0, 0.05) is 28.6 Å². The second kappa shape index (κ2) is 5.22. The molecule has 1 unspecified atom stereocenters. The number of ether oxygens (including phenoxy) is 1. The van der Waals surface area contributed by atoms with Crippen molar-refractivity contribution in [1.82, 2.24) is 4.98 Å². The molecule has 1 aliphatic rings.